The maximum absolute atomic E-state index is 13.9. The van der Waals surface area contributed by atoms with Gasteiger partial charge in [-0.2, -0.15) is 0 Å². The third kappa shape index (κ3) is 2.93. The van der Waals surface area contributed by atoms with Gasteiger partial charge in [-0.05, 0) is 43.6 Å². The molecule has 1 aliphatic heterocycles. The van der Waals surface area contributed by atoms with Crippen LogP contribution in [0.1, 0.15) is 43.0 Å². The van der Waals surface area contributed by atoms with E-state index in [2.05, 4.69) is 9.97 Å². The summed E-state index contributed by atoms with van der Waals surface area (Å²) in [7, 11) is 0. The summed E-state index contributed by atoms with van der Waals surface area (Å²) in [5, 5.41) is 0. The Morgan fingerprint density at radius 2 is 2.13 bits per heavy atom. The fourth-order valence-corrected chi connectivity index (χ4v) is 3.39. The van der Waals surface area contributed by atoms with Gasteiger partial charge in [0.25, 0.3) is 5.91 Å². The van der Waals surface area contributed by atoms with E-state index in [-0.39, 0.29) is 17.3 Å². The Morgan fingerprint density at radius 1 is 1.35 bits per heavy atom. The number of halogens is 1. The van der Waals surface area contributed by atoms with Gasteiger partial charge in [0.05, 0.1) is 22.6 Å². The SMILES string of the molecule is CCC(=O)C1CCCCN1C(=O)c1cc(F)cc2[nH]c(=S)[nH]c12. The Hall–Kier alpha value is -2.02. The van der Waals surface area contributed by atoms with Gasteiger partial charge in [-0.3, -0.25) is 9.59 Å². The summed E-state index contributed by atoms with van der Waals surface area (Å²) in [4.78, 5) is 32.4. The first-order chi connectivity index (χ1) is 11.0. The van der Waals surface area contributed by atoms with Crippen LogP contribution in [0, 0.1) is 10.6 Å². The summed E-state index contributed by atoms with van der Waals surface area (Å²) in [5.74, 6) is -0.791. The van der Waals surface area contributed by atoms with Crippen molar-refractivity contribution in [3.8, 4) is 0 Å². The van der Waals surface area contributed by atoms with Gasteiger partial charge < -0.3 is 14.9 Å². The lowest BCUT2D eigenvalue weighted by Gasteiger charge is -2.34. The molecule has 7 heteroatoms. The number of amides is 1. The quantitative estimate of drug-likeness (QED) is 0.845. The van der Waals surface area contributed by atoms with Crippen LogP contribution in [0.3, 0.4) is 0 Å². The van der Waals surface area contributed by atoms with Crippen LogP contribution < -0.4 is 0 Å². The van der Waals surface area contributed by atoms with E-state index in [9.17, 15) is 14.0 Å². The van der Waals surface area contributed by atoms with Crippen molar-refractivity contribution >= 4 is 34.9 Å². The number of ketones is 1. The molecule has 1 atom stereocenters. The Bertz CT molecular complexity index is 826. The third-order valence-electron chi connectivity index (χ3n) is 4.30. The molecule has 1 aromatic carbocycles. The molecule has 0 radical (unpaired) electrons. The van der Waals surface area contributed by atoms with Crippen molar-refractivity contribution in [2.75, 3.05) is 6.54 Å². The molecular formula is C16H18FN3O2S. The van der Waals surface area contributed by atoms with E-state index in [0.29, 0.717) is 35.2 Å². The topological polar surface area (TPSA) is 69.0 Å². The molecule has 0 bridgehead atoms. The van der Waals surface area contributed by atoms with Crippen LogP contribution in [0.4, 0.5) is 4.39 Å². The Kier molecular flexibility index (Phi) is 4.30. The van der Waals surface area contributed by atoms with Crippen molar-refractivity contribution < 1.29 is 14.0 Å². The van der Waals surface area contributed by atoms with Gasteiger partial charge in [-0.1, -0.05) is 6.92 Å². The molecule has 1 unspecified atom stereocenters. The molecule has 23 heavy (non-hydrogen) atoms. The van der Waals surface area contributed by atoms with E-state index < -0.39 is 11.9 Å². The molecule has 0 aliphatic carbocycles. The van der Waals surface area contributed by atoms with Crippen LogP contribution in [-0.2, 0) is 4.79 Å². The van der Waals surface area contributed by atoms with Gasteiger partial charge >= 0.3 is 0 Å². The zero-order valence-corrected chi connectivity index (χ0v) is 13.6. The number of Topliss-reactive ketones (excluding diaryl/α,β-unsaturated/α-hetero) is 1. The molecule has 2 heterocycles. The van der Waals surface area contributed by atoms with Crippen LogP contribution in [0.5, 0.6) is 0 Å². The van der Waals surface area contributed by atoms with E-state index in [1.165, 1.54) is 12.1 Å². The number of carbonyl (C=O) groups is 2. The van der Waals surface area contributed by atoms with Gasteiger partial charge in [0.1, 0.15) is 5.82 Å². The number of piperidine rings is 1. The normalized spacial score (nSPS) is 18.3. The van der Waals surface area contributed by atoms with E-state index in [0.717, 1.165) is 12.8 Å². The largest absolute Gasteiger partial charge is 0.331 e. The van der Waals surface area contributed by atoms with Crippen molar-refractivity contribution in [3.63, 3.8) is 0 Å². The molecule has 0 spiro atoms. The predicted octanol–water partition coefficient (Wildman–Crippen LogP) is 3.34. The highest BCUT2D eigenvalue weighted by atomic mass is 32.1. The molecule has 3 rings (SSSR count). The fourth-order valence-electron chi connectivity index (χ4n) is 3.18. The summed E-state index contributed by atoms with van der Waals surface area (Å²) in [6.07, 6.45) is 2.83. The van der Waals surface area contributed by atoms with Crippen LogP contribution in [-0.4, -0.2) is 39.1 Å². The van der Waals surface area contributed by atoms with Crippen LogP contribution in [0.2, 0.25) is 0 Å². The van der Waals surface area contributed by atoms with Gasteiger partial charge in [-0.25, -0.2) is 4.39 Å². The minimum Gasteiger partial charge on any atom is -0.331 e. The highest BCUT2D eigenvalue weighted by Gasteiger charge is 2.32. The second-order valence-corrected chi connectivity index (χ2v) is 6.19. The highest BCUT2D eigenvalue weighted by Crippen LogP contribution is 2.25. The Morgan fingerprint density at radius 3 is 2.87 bits per heavy atom. The van der Waals surface area contributed by atoms with Crippen molar-refractivity contribution in [2.45, 2.75) is 38.6 Å². The van der Waals surface area contributed by atoms with E-state index in [4.69, 9.17) is 12.2 Å². The predicted molar refractivity (Wildman–Crippen MR) is 87.4 cm³/mol. The standard InChI is InChI=1S/C16H18FN3O2S/c1-2-13(21)12-5-3-4-6-20(12)15(22)10-7-9(17)8-11-14(10)19-16(23)18-11/h7-8,12H,2-6H2,1H3,(H2,18,19,23). The Labute approximate surface area is 137 Å². The van der Waals surface area contributed by atoms with Crippen LogP contribution in [0.25, 0.3) is 11.0 Å². The average molecular weight is 335 g/mol. The number of carbonyl (C=O) groups excluding carboxylic acids is 2. The number of fused-ring (bicyclic) bond motifs is 1. The molecule has 1 amide bonds. The summed E-state index contributed by atoms with van der Waals surface area (Å²) < 4.78 is 14.2. The van der Waals surface area contributed by atoms with Crippen molar-refractivity contribution in [2.24, 2.45) is 0 Å². The lowest BCUT2D eigenvalue weighted by molar-refractivity contribution is -0.124. The molecule has 5 nitrogen and oxygen atoms in total. The zero-order valence-electron chi connectivity index (χ0n) is 12.8. The van der Waals surface area contributed by atoms with Crippen LogP contribution >= 0.6 is 12.2 Å². The molecule has 1 aromatic heterocycles. The van der Waals surface area contributed by atoms with Crippen molar-refractivity contribution in [1.82, 2.24) is 14.9 Å². The molecular weight excluding hydrogens is 317 g/mol. The maximum Gasteiger partial charge on any atom is 0.256 e. The molecule has 122 valence electrons. The molecule has 2 N–H and O–H groups in total. The zero-order chi connectivity index (χ0) is 16.6. The number of hydrogen-bond acceptors (Lipinski definition) is 3. The number of likely N-dealkylation sites (tertiary alicyclic amines) is 1. The van der Waals surface area contributed by atoms with Gasteiger partial charge in [-0.15, -0.1) is 0 Å². The van der Waals surface area contributed by atoms with E-state index >= 15 is 0 Å². The second-order valence-electron chi connectivity index (χ2n) is 5.79. The average Bonchev–Trinajstić information content (AvgIpc) is 2.92. The van der Waals surface area contributed by atoms with Gasteiger partial charge in [0.2, 0.25) is 0 Å². The van der Waals surface area contributed by atoms with Crippen LogP contribution in [0.15, 0.2) is 12.1 Å². The summed E-state index contributed by atoms with van der Waals surface area (Å²) in [6, 6.07) is 2.08. The fraction of sp³-hybridized carbons (Fsp3) is 0.438. The van der Waals surface area contributed by atoms with Crippen molar-refractivity contribution in [1.29, 1.82) is 0 Å². The number of rotatable bonds is 3. The molecule has 2 aromatic rings. The molecule has 1 saturated heterocycles. The number of nitrogens with zero attached hydrogens (tertiary/aromatic N) is 1. The number of H-pyrrole nitrogens is 2. The second kappa shape index (κ2) is 6.23. The van der Waals surface area contributed by atoms with E-state index in [1.807, 2.05) is 0 Å². The van der Waals surface area contributed by atoms with Crippen molar-refractivity contribution in [3.05, 3.63) is 28.3 Å². The Balaban J connectivity index is 2.05. The number of hydrogen-bond donors (Lipinski definition) is 2. The smallest absolute Gasteiger partial charge is 0.256 e. The molecule has 1 fully saturated rings. The summed E-state index contributed by atoms with van der Waals surface area (Å²) in [6.45, 7) is 2.31. The summed E-state index contributed by atoms with van der Waals surface area (Å²) in [5.41, 5.74) is 1.14. The number of aromatic nitrogens is 2. The molecule has 1 aliphatic rings. The highest BCUT2D eigenvalue weighted by molar-refractivity contribution is 7.71. The molecule has 0 saturated carbocycles. The first-order valence-electron chi connectivity index (χ1n) is 7.76. The number of aromatic amines is 2. The first-order valence-corrected chi connectivity index (χ1v) is 8.17. The maximum atomic E-state index is 13.9. The monoisotopic (exact) mass is 335 g/mol. The third-order valence-corrected chi connectivity index (χ3v) is 4.51. The van der Waals surface area contributed by atoms with E-state index in [1.54, 1.807) is 11.8 Å². The first kappa shape index (κ1) is 15.9. The number of nitrogens with one attached hydrogen (secondary N) is 2. The van der Waals surface area contributed by atoms with Gasteiger partial charge in [0.15, 0.2) is 10.6 Å². The van der Waals surface area contributed by atoms with Gasteiger partial charge in [0, 0.05) is 13.0 Å². The lowest BCUT2D eigenvalue weighted by atomic mass is 9.96. The minimum atomic E-state index is -0.513. The summed E-state index contributed by atoms with van der Waals surface area (Å²) >= 11 is 5.03. The minimum absolute atomic E-state index is 0.0488. The number of imidazole rings is 1. The number of benzene rings is 1. The lowest BCUT2D eigenvalue weighted by Crippen LogP contribution is -2.47.